The van der Waals surface area contributed by atoms with Gasteiger partial charge in [-0.25, -0.2) is 0 Å². The predicted octanol–water partition coefficient (Wildman–Crippen LogP) is 2.68. The highest BCUT2D eigenvalue weighted by Gasteiger charge is 2.16. The summed E-state index contributed by atoms with van der Waals surface area (Å²) in [7, 11) is 0. The van der Waals surface area contributed by atoms with Gasteiger partial charge in [-0.15, -0.1) is 0 Å². The molecule has 3 unspecified atom stereocenters. The summed E-state index contributed by atoms with van der Waals surface area (Å²) < 4.78 is 0. The summed E-state index contributed by atoms with van der Waals surface area (Å²) in [5.74, 6) is 0. The molecular formula is C15H26N2OS. The van der Waals surface area contributed by atoms with Crippen LogP contribution in [0.1, 0.15) is 50.7 Å². The minimum atomic E-state index is -0.379. The van der Waals surface area contributed by atoms with Crippen LogP contribution < -0.4 is 10.6 Å². The van der Waals surface area contributed by atoms with Gasteiger partial charge in [0.05, 0.1) is 6.10 Å². The molecule has 1 aliphatic heterocycles. The Labute approximate surface area is 120 Å². The van der Waals surface area contributed by atoms with Crippen LogP contribution in [0.25, 0.3) is 0 Å². The molecule has 0 spiro atoms. The van der Waals surface area contributed by atoms with Crippen LogP contribution in [-0.2, 0) is 0 Å². The van der Waals surface area contributed by atoms with Crippen LogP contribution in [0.2, 0.25) is 0 Å². The summed E-state index contributed by atoms with van der Waals surface area (Å²) in [4.78, 5) is 0. The van der Waals surface area contributed by atoms with E-state index in [9.17, 15) is 5.11 Å². The first-order valence-corrected chi connectivity index (χ1v) is 8.37. The zero-order valence-corrected chi connectivity index (χ0v) is 12.6. The normalized spacial score (nSPS) is 23.8. The molecule has 3 atom stereocenters. The lowest BCUT2D eigenvalue weighted by molar-refractivity contribution is 0.169. The van der Waals surface area contributed by atoms with Crippen LogP contribution in [0.3, 0.4) is 0 Å². The van der Waals surface area contributed by atoms with Crippen LogP contribution in [0, 0.1) is 0 Å². The van der Waals surface area contributed by atoms with E-state index in [4.69, 9.17) is 0 Å². The van der Waals surface area contributed by atoms with Gasteiger partial charge in [0, 0.05) is 18.6 Å². The first-order chi connectivity index (χ1) is 9.25. The van der Waals surface area contributed by atoms with Gasteiger partial charge < -0.3 is 15.7 Å². The smallest absolute Gasteiger partial charge is 0.0922 e. The molecule has 1 saturated heterocycles. The fourth-order valence-electron chi connectivity index (χ4n) is 2.71. The first-order valence-electron chi connectivity index (χ1n) is 7.42. The fourth-order valence-corrected chi connectivity index (χ4v) is 3.41. The lowest BCUT2D eigenvalue weighted by Gasteiger charge is -2.22. The Morgan fingerprint density at radius 1 is 1.47 bits per heavy atom. The molecule has 0 bridgehead atoms. The van der Waals surface area contributed by atoms with Gasteiger partial charge in [-0.3, -0.25) is 0 Å². The lowest BCUT2D eigenvalue weighted by Crippen LogP contribution is -2.38. The topological polar surface area (TPSA) is 44.3 Å². The largest absolute Gasteiger partial charge is 0.387 e. The number of hydrogen-bond acceptors (Lipinski definition) is 4. The Morgan fingerprint density at radius 3 is 3.16 bits per heavy atom. The monoisotopic (exact) mass is 282 g/mol. The van der Waals surface area contributed by atoms with E-state index in [0.29, 0.717) is 18.6 Å². The number of nitrogens with one attached hydrogen (secondary N) is 2. The lowest BCUT2D eigenvalue weighted by atomic mass is 10.0. The molecule has 108 valence electrons. The Hall–Kier alpha value is -0.420. The van der Waals surface area contributed by atoms with E-state index in [-0.39, 0.29) is 6.10 Å². The minimum absolute atomic E-state index is 0.379. The zero-order chi connectivity index (χ0) is 13.5. The summed E-state index contributed by atoms with van der Waals surface area (Å²) in [6, 6.07) is 3.08. The van der Waals surface area contributed by atoms with Gasteiger partial charge in [0.2, 0.25) is 0 Å². The highest BCUT2D eigenvalue weighted by molar-refractivity contribution is 7.07. The third kappa shape index (κ3) is 5.22. The van der Waals surface area contributed by atoms with Gasteiger partial charge >= 0.3 is 0 Å². The van der Waals surface area contributed by atoms with E-state index in [2.05, 4.69) is 17.6 Å². The summed E-state index contributed by atoms with van der Waals surface area (Å²) >= 11 is 1.64. The molecule has 3 nitrogen and oxygen atoms in total. The molecule has 1 aliphatic rings. The quantitative estimate of drug-likeness (QED) is 0.751. The van der Waals surface area contributed by atoms with Gasteiger partial charge in [0.1, 0.15) is 0 Å². The fraction of sp³-hybridized carbons (Fsp3) is 0.733. The van der Waals surface area contributed by atoms with Crippen molar-refractivity contribution in [1.29, 1.82) is 0 Å². The second-order valence-electron chi connectivity index (χ2n) is 5.62. The summed E-state index contributed by atoms with van der Waals surface area (Å²) in [5.41, 5.74) is 1.03. The summed E-state index contributed by atoms with van der Waals surface area (Å²) in [6.45, 7) is 4.02. The first kappa shape index (κ1) is 15.0. The highest BCUT2D eigenvalue weighted by atomic mass is 32.1. The van der Waals surface area contributed by atoms with E-state index < -0.39 is 0 Å². The number of thiophene rings is 1. The zero-order valence-electron chi connectivity index (χ0n) is 11.8. The molecule has 0 aliphatic carbocycles. The molecule has 0 radical (unpaired) electrons. The average molecular weight is 282 g/mol. The Balaban J connectivity index is 1.67. The van der Waals surface area contributed by atoms with Gasteiger partial charge in [-0.1, -0.05) is 12.8 Å². The molecule has 0 saturated carbocycles. The molecule has 2 rings (SSSR count). The number of rotatable bonds is 6. The molecule has 2 heterocycles. The van der Waals surface area contributed by atoms with Crippen molar-refractivity contribution in [1.82, 2.24) is 10.6 Å². The van der Waals surface area contributed by atoms with Crippen LogP contribution in [-0.4, -0.2) is 30.3 Å². The van der Waals surface area contributed by atoms with Crippen molar-refractivity contribution in [3.8, 4) is 0 Å². The number of aliphatic hydroxyl groups excluding tert-OH is 1. The molecule has 1 aromatic rings. The second-order valence-corrected chi connectivity index (χ2v) is 6.40. The van der Waals surface area contributed by atoms with E-state index in [1.54, 1.807) is 11.3 Å². The molecule has 0 amide bonds. The molecule has 1 fully saturated rings. The maximum Gasteiger partial charge on any atom is 0.0922 e. The number of aliphatic hydroxyl groups is 1. The van der Waals surface area contributed by atoms with Gasteiger partial charge in [0.15, 0.2) is 0 Å². The Kier molecular flexibility index (Phi) is 6.31. The van der Waals surface area contributed by atoms with Crippen molar-refractivity contribution < 1.29 is 5.11 Å². The summed E-state index contributed by atoms with van der Waals surface area (Å²) in [6.07, 6.45) is 6.09. The van der Waals surface area contributed by atoms with Crippen molar-refractivity contribution in [2.24, 2.45) is 0 Å². The predicted molar refractivity (Wildman–Crippen MR) is 81.6 cm³/mol. The Morgan fingerprint density at radius 2 is 2.37 bits per heavy atom. The van der Waals surface area contributed by atoms with E-state index in [1.165, 1.54) is 25.7 Å². The maximum atomic E-state index is 10.0. The van der Waals surface area contributed by atoms with Crippen LogP contribution in [0.4, 0.5) is 0 Å². The second kappa shape index (κ2) is 8.00. The van der Waals surface area contributed by atoms with Crippen LogP contribution in [0.5, 0.6) is 0 Å². The molecule has 19 heavy (non-hydrogen) atoms. The number of hydrogen-bond donors (Lipinski definition) is 3. The Bertz CT molecular complexity index is 334. The highest BCUT2D eigenvalue weighted by Crippen LogP contribution is 2.16. The van der Waals surface area contributed by atoms with Gasteiger partial charge in [-0.05, 0) is 55.1 Å². The minimum Gasteiger partial charge on any atom is -0.387 e. The average Bonchev–Trinajstić information content (AvgIpc) is 2.82. The van der Waals surface area contributed by atoms with Gasteiger partial charge in [0.25, 0.3) is 0 Å². The maximum absolute atomic E-state index is 10.0. The molecular weight excluding hydrogens is 256 g/mol. The van der Waals surface area contributed by atoms with E-state index in [0.717, 1.165) is 18.5 Å². The van der Waals surface area contributed by atoms with Crippen molar-refractivity contribution >= 4 is 11.3 Å². The SMILES string of the molecule is CC(CC1CCCCCN1)NCC(O)c1ccsc1. The van der Waals surface area contributed by atoms with Crippen molar-refractivity contribution in [3.05, 3.63) is 22.4 Å². The third-order valence-electron chi connectivity index (χ3n) is 3.89. The molecule has 0 aromatic carbocycles. The standard InChI is InChI=1S/C15H26N2OS/c1-12(9-14-5-3-2-4-7-16-14)17-10-15(18)13-6-8-19-11-13/h6,8,11-12,14-18H,2-5,7,9-10H2,1H3. The molecule has 4 heteroatoms. The van der Waals surface area contributed by atoms with Crippen molar-refractivity contribution in [2.45, 2.75) is 57.2 Å². The third-order valence-corrected chi connectivity index (χ3v) is 4.59. The van der Waals surface area contributed by atoms with E-state index >= 15 is 0 Å². The van der Waals surface area contributed by atoms with Crippen LogP contribution in [0.15, 0.2) is 16.8 Å². The molecule has 3 N–H and O–H groups in total. The van der Waals surface area contributed by atoms with Crippen LogP contribution >= 0.6 is 11.3 Å². The molecule has 1 aromatic heterocycles. The van der Waals surface area contributed by atoms with E-state index in [1.807, 2.05) is 16.8 Å². The van der Waals surface area contributed by atoms with Crippen molar-refractivity contribution in [2.75, 3.05) is 13.1 Å². The van der Waals surface area contributed by atoms with Gasteiger partial charge in [-0.2, -0.15) is 11.3 Å². The summed E-state index contributed by atoms with van der Waals surface area (Å²) in [5, 5.41) is 21.1. The van der Waals surface area contributed by atoms with Crippen molar-refractivity contribution in [3.63, 3.8) is 0 Å².